The SMILES string of the molecule is CCOC(=O)c1sc2nc([C@H](C)[NH+]3CCC(C(=O)OCC)CC3)[nH]c(=O)c2c1C. The van der Waals surface area contributed by atoms with Gasteiger partial charge in [-0.1, -0.05) is 0 Å². The molecule has 0 spiro atoms. The van der Waals surface area contributed by atoms with Crippen molar-refractivity contribution in [2.45, 2.75) is 46.6 Å². The molecule has 158 valence electrons. The number of hydrogen-bond donors (Lipinski definition) is 2. The van der Waals surface area contributed by atoms with E-state index in [0.29, 0.717) is 33.1 Å². The van der Waals surface area contributed by atoms with Gasteiger partial charge < -0.3 is 19.4 Å². The second-order valence-electron chi connectivity index (χ2n) is 7.31. The monoisotopic (exact) mass is 422 g/mol. The van der Waals surface area contributed by atoms with Gasteiger partial charge in [0, 0.05) is 12.8 Å². The number of aryl methyl sites for hydroxylation is 1. The maximum absolute atomic E-state index is 12.7. The number of carbonyl (C=O) groups excluding carboxylic acids is 2. The molecule has 1 saturated heterocycles. The molecule has 1 fully saturated rings. The third-order valence-electron chi connectivity index (χ3n) is 5.55. The molecule has 2 aromatic heterocycles. The van der Waals surface area contributed by atoms with Gasteiger partial charge in [0.2, 0.25) is 0 Å². The van der Waals surface area contributed by atoms with Crippen molar-refractivity contribution in [2.24, 2.45) is 5.92 Å². The van der Waals surface area contributed by atoms with Gasteiger partial charge in [-0.15, -0.1) is 11.3 Å². The minimum Gasteiger partial charge on any atom is -0.466 e. The van der Waals surface area contributed by atoms with Crippen molar-refractivity contribution in [3.63, 3.8) is 0 Å². The van der Waals surface area contributed by atoms with Gasteiger partial charge in [-0.05, 0) is 33.3 Å². The Morgan fingerprint density at radius 2 is 1.90 bits per heavy atom. The van der Waals surface area contributed by atoms with Gasteiger partial charge in [-0.25, -0.2) is 9.78 Å². The minimum absolute atomic E-state index is 0.0244. The lowest BCUT2D eigenvalue weighted by atomic mass is 9.96. The Morgan fingerprint density at radius 1 is 1.24 bits per heavy atom. The molecule has 29 heavy (non-hydrogen) atoms. The number of aromatic nitrogens is 2. The molecule has 1 atom stereocenters. The van der Waals surface area contributed by atoms with Crippen LogP contribution in [0.2, 0.25) is 0 Å². The molecular formula is C20H28N3O5S+. The number of fused-ring (bicyclic) bond motifs is 1. The highest BCUT2D eigenvalue weighted by Crippen LogP contribution is 2.28. The van der Waals surface area contributed by atoms with E-state index in [1.807, 2.05) is 13.8 Å². The second kappa shape index (κ2) is 9.04. The highest BCUT2D eigenvalue weighted by molar-refractivity contribution is 7.20. The number of quaternary nitrogens is 1. The van der Waals surface area contributed by atoms with Crippen LogP contribution >= 0.6 is 11.3 Å². The molecule has 0 amide bonds. The topological polar surface area (TPSA) is 103 Å². The third kappa shape index (κ3) is 4.35. The van der Waals surface area contributed by atoms with E-state index in [2.05, 4.69) is 9.97 Å². The predicted molar refractivity (Wildman–Crippen MR) is 109 cm³/mol. The van der Waals surface area contributed by atoms with Gasteiger partial charge in [0.1, 0.15) is 15.7 Å². The van der Waals surface area contributed by atoms with Crippen molar-refractivity contribution in [3.05, 3.63) is 26.6 Å². The molecule has 0 aliphatic carbocycles. The summed E-state index contributed by atoms with van der Waals surface area (Å²) in [5.41, 5.74) is 0.376. The van der Waals surface area contributed by atoms with Crippen LogP contribution in [-0.4, -0.2) is 48.2 Å². The average molecular weight is 423 g/mol. The van der Waals surface area contributed by atoms with E-state index in [4.69, 9.17) is 9.47 Å². The number of piperidine rings is 1. The standard InChI is InChI=1S/C20H27N3O5S/c1-5-27-19(25)13-7-9-23(10-8-13)12(4)16-21-17(24)14-11(3)15(20(26)28-6-2)29-18(14)22-16/h12-13H,5-10H2,1-4H3,(H,21,22,24)/p+1/t12-/m0/s1. The fraction of sp³-hybridized carbons (Fsp3) is 0.600. The quantitative estimate of drug-likeness (QED) is 0.682. The summed E-state index contributed by atoms with van der Waals surface area (Å²) in [6.45, 7) is 9.64. The van der Waals surface area contributed by atoms with Gasteiger partial charge in [-0.2, -0.15) is 0 Å². The Kier molecular flexibility index (Phi) is 6.69. The lowest BCUT2D eigenvalue weighted by Crippen LogP contribution is -3.13. The molecule has 8 nitrogen and oxygen atoms in total. The van der Waals surface area contributed by atoms with E-state index in [-0.39, 0.29) is 30.1 Å². The summed E-state index contributed by atoms with van der Waals surface area (Å²) in [5.74, 6) is 0.0117. The predicted octanol–water partition coefficient (Wildman–Crippen LogP) is 1.39. The molecule has 9 heteroatoms. The van der Waals surface area contributed by atoms with E-state index in [1.165, 1.54) is 16.2 Å². The van der Waals surface area contributed by atoms with Crippen molar-refractivity contribution in [1.29, 1.82) is 0 Å². The van der Waals surface area contributed by atoms with Crippen LogP contribution in [0.4, 0.5) is 0 Å². The summed E-state index contributed by atoms with van der Waals surface area (Å²) in [7, 11) is 0. The summed E-state index contributed by atoms with van der Waals surface area (Å²) >= 11 is 1.20. The number of carbonyl (C=O) groups is 2. The maximum Gasteiger partial charge on any atom is 0.348 e. The van der Waals surface area contributed by atoms with Crippen LogP contribution in [0.15, 0.2) is 4.79 Å². The normalized spacial score (nSPS) is 20.4. The number of esters is 2. The molecular weight excluding hydrogens is 394 g/mol. The highest BCUT2D eigenvalue weighted by Gasteiger charge is 2.32. The van der Waals surface area contributed by atoms with Gasteiger partial charge >= 0.3 is 11.9 Å². The number of ether oxygens (including phenoxy) is 2. The fourth-order valence-corrected chi connectivity index (χ4v) is 4.95. The fourth-order valence-electron chi connectivity index (χ4n) is 3.87. The number of hydrogen-bond acceptors (Lipinski definition) is 7. The number of H-pyrrole nitrogens is 1. The molecule has 2 N–H and O–H groups in total. The van der Waals surface area contributed by atoms with E-state index in [9.17, 15) is 14.4 Å². The Labute approximate surface area is 173 Å². The zero-order valence-corrected chi connectivity index (χ0v) is 18.1. The van der Waals surface area contributed by atoms with Gasteiger partial charge in [0.25, 0.3) is 5.56 Å². The molecule has 0 aromatic carbocycles. The van der Waals surface area contributed by atoms with E-state index in [1.54, 1.807) is 13.8 Å². The zero-order valence-electron chi connectivity index (χ0n) is 17.3. The molecule has 0 radical (unpaired) electrons. The van der Waals surface area contributed by atoms with Crippen molar-refractivity contribution >= 4 is 33.5 Å². The smallest absolute Gasteiger partial charge is 0.348 e. The third-order valence-corrected chi connectivity index (χ3v) is 6.72. The number of likely N-dealkylation sites (tertiary alicyclic amines) is 1. The Balaban J connectivity index is 1.80. The lowest BCUT2D eigenvalue weighted by molar-refractivity contribution is -0.935. The maximum atomic E-state index is 12.7. The highest BCUT2D eigenvalue weighted by atomic mass is 32.1. The Bertz CT molecular complexity index is 959. The molecule has 0 unspecified atom stereocenters. The molecule has 3 rings (SSSR count). The first-order valence-corrected chi connectivity index (χ1v) is 10.9. The van der Waals surface area contributed by atoms with Gasteiger partial charge in [-0.3, -0.25) is 9.59 Å². The van der Waals surface area contributed by atoms with Crippen LogP contribution < -0.4 is 10.5 Å². The zero-order chi connectivity index (χ0) is 21.1. The van der Waals surface area contributed by atoms with Crippen LogP contribution in [0.3, 0.4) is 0 Å². The van der Waals surface area contributed by atoms with E-state index >= 15 is 0 Å². The minimum atomic E-state index is -0.423. The number of rotatable bonds is 6. The molecule has 1 aliphatic rings. The first-order valence-electron chi connectivity index (χ1n) is 10.1. The lowest BCUT2D eigenvalue weighted by Gasteiger charge is -2.31. The molecule has 2 aromatic rings. The summed E-state index contributed by atoms with van der Waals surface area (Å²) in [5, 5.41) is 0.449. The average Bonchev–Trinajstić information content (AvgIpc) is 3.05. The second-order valence-corrected chi connectivity index (χ2v) is 8.31. The number of thiophene rings is 1. The molecule has 3 heterocycles. The van der Waals surface area contributed by atoms with Gasteiger partial charge in [0.05, 0.1) is 37.6 Å². The Morgan fingerprint density at radius 3 is 2.52 bits per heavy atom. The first-order chi connectivity index (χ1) is 13.9. The Hall–Kier alpha value is -2.26. The largest absolute Gasteiger partial charge is 0.466 e. The van der Waals surface area contributed by atoms with Crippen LogP contribution in [0, 0.1) is 12.8 Å². The number of nitrogens with zero attached hydrogens (tertiary/aromatic N) is 1. The van der Waals surface area contributed by atoms with Crippen LogP contribution in [-0.2, 0) is 14.3 Å². The molecule has 0 bridgehead atoms. The summed E-state index contributed by atoms with van der Waals surface area (Å²) in [4.78, 5) is 46.6. The summed E-state index contributed by atoms with van der Waals surface area (Å²) < 4.78 is 10.2. The van der Waals surface area contributed by atoms with Crippen molar-refractivity contribution in [3.8, 4) is 0 Å². The van der Waals surface area contributed by atoms with Gasteiger partial charge in [0.15, 0.2) is 5.82 Å². The molecule has 1 aliphatic heterocycles. The summed E-state index contributed by atoms with van der Waals surface area (Å²) in [6, 6.07) is -0.0244. The van der Waals surface area contributed by atoms with Crippen LogP contribution in [0.1, 0.15) is 60.7 Å². The van der Waals surface area contributed by atoms with Crippen molar-refractivity contribution in [1.82, 2.24) is 9.97 Å². The van der Waals surface area contributed by atoms with Crippen molar-refractivity contribution < 1.29 is 24.0 Å². The first kappa shape index (κ1) is 21.4. The van der Waals surface area contributed by atoms with Crippen LogP contribution in [0.25, 0.3) is 10.2 Å². The molecule has 0 saturated carbocycles. The summed E-state index contributed by atoms with van der Waals surface area (Å²) in [6.07, 6.45) is 1.52. The van der Waals surface area contributed by atoms with E-state index in [0.717, 1.165) is 25.9 Å². The van der Waals surface area contributed by atoms with Crippen molar-refractivity contribution in [2.75, 3.05) is 26.3 Å². The number of nitrogens with one attached hydrogen (secondary N) is 2. The van der Waals surface area contributed by atoms with Crippen LogP contribution in [0.5, 0.6) is 0 Å². The van der Waals surface area contributed by atoms with E-state index < -0.39 is 5.97 Å². The number of aromatic amines is 1.